The van der Waals surface area contributed by atoms with Crippen molar-refractivity contribution in [3.05, 3.63) is 126 Å². The molecule has 0 aromatic heterocycles. The van der Waals surface area contributed by atoms with Crippen LogP contribution >= 0.6 is 0 Å². The fourth-order valence-corrected chi connectivity index (χ4v) is 5.34. The van der Waals surface area contributed by atoms with Gasteiger partial charge in [-0.15, -0.1) is 0 Å². The number of rotatable bonds is 8. The van der Waals surface area contributed by atoms with Gasteiger partial charge >= 0.3 is 5.97 Å². The highest BCUT2D eigenvalue weighted by Gasteiger charge is 2.50. The number of carbonyl (C=O) groups is 2. The molecule has 0 bridgehead atoms. The number of amides is 1. The van der Waals surface area contributed by atoms with Crippen molar-refractivity contribution in [2.24, 2.45) is 16.7 Å². The van der Waals surface area contributed by atoms with Crippen LogP contribution in [0.5, 0.6) is 0 Å². The van der Waals surface area contributed by atoms with Gasteiger partial charge < -0.3 is 9.15 Å². The van der Waals surface area contributed by atoms with E-state index in [0.717, 1.165) is 16.7 Å². The first-order valence-corrected chi connectivity index (χ1v) is 14.3. The molecule has 214 valence electrons. The number of carbonyl (C=O) groups excluding carboxylic acids is 2. The zero-order chi connectivity index (χ0) is 29.7. The van der Waals surface area contributed by atoms with Gasteiger partial charge in [-0.1, -0.05) is 112 Å². The number of allylic oxidation sites excluding steroid dienone is 3. The first kappa shape index (κ1) is 28.9. The van der Waals surface area contributed by atoms with Crippen LogP contribution in [-0.4, -0.2) is 19.0 Å². The van der Waals surface area contributed by atoms with Crippen molar-refractivity contribution >= 4 is 29.5 Å². The first-order valence-electron chi connectivity index (χ1n) is 14.3. The van der Waals surface area contributed by atoms with Gasteiger partial charge in [0.25, 0.3) is 0 Å². The average Bonchev–Trinajstić information content (AvgIpc) is 3.48. The zero-order valence-electron chi connectivity index (χ0n) is 24.6. The van der Waals surface area contributed by atoms with Gasteiger partial charge in [0.15, 0.2) is 0 Å². The van der Waals surface area contributed by atoms with Gasteiger partial charge in [-0.2, -0.15) is 0 Å². The molecule has 1 aliphatic heterocycles. The lowest BCUT2D eigenvalue weighted by atomic mass is 9.68. The summed E-state index contributed by atoms with van der Waals surface area (Å²) in [7, 11) is 1.36. The molecule has 42 heavy (non-hydrogen) atoms. The molecule has 1 heterocycles. The van der Waals surface area contributed by atoms with E-state index in [1.165, 1.54) is 7.11 Å². The normalized spacial score (nSPS) is 18.4. The molecule has 5 heteroatoms. The van der Waals surface area contributed by atoms with E-state index in [1.54, 1.807) is 23.1 Å². The molecule has 3 aliphatic rings. The van der Waals surface area contributed by atoms with Crippen LogP contribution < -0.4 is 4.90 Å². The minimum Gasteiger partial charge on any atom is -0.469 e. The molecule has 5 nitrogen and oxygen atoms in total. The van der Waals surface area contributed by atoms with Crippen molar-refractivity contribution in [3.63, 3.8) is 0 Å². The Morgan fingerprint density at radius 1 is 0.929 bits per heavy atom. The molecule has 0 N–H and O–H groups in total. The maximum absolute atomic E-state index is 14.9. The Bertz CT molecular complexity index is 1590. The highest BCUT2D eigenvalue weighted by molar-refractivity contribution is 6.06. The number of benzene rings is 2. The standard InChI is InChI=1S/C37H37NO4/c1-36(2,3)25-22-27-16-18-28(19-17-27)23-26-37(24-9-8-14-31(37)34(39)41-4)35(40)38(30-12-6-5-7-13-30)33-21-20-29-11-10-15-32(29)42-33/h5-22,24-25,31H,23,26H2,1-4H3. The van der Waals surface area contributed by atoms with Crippen molar-refractivity contribution in [3.8, 4) is 11.3 Å². The van der Waals surface area contributed by atoms with Gasteiger partial charge in [0, 0.05) is 11.6 Å². The van der Waals surface area contributed by atoms with Crippen molar-refractivity contribution in [2.75, 3.05) is 12.0 Å². The van der Waals surface area contributed by atoms with Gasteiger partial charge in [-0.05, 0) is 53.6 Å². The molecule has 2 unspecified atom stereocenters. The smallest absolute Gasteiger partial charge is 0.313 e. The number of ether oxygens (including phenoxy) is 1. The molecular formula is C37H37NO4. The number of nitrogens with zero attached hydrogens (tertiary/aromatic N) is 1. The van der Waals surface area contributed by atoms with Gasteiger partial charge in [-0.25, -0.2) is 4.90 Å². The Morgan fingerprint density at radius 3 is 2.40 bits per heavy atom. The minimum atomic E-state index is -1.21. The summed E-state index contributed by atoms with van der Waals surface area (Å²) in [6, 6.07) is 27.3. The summed E-state index contributed by atoms with van der Waals surface area (Å²) in [5, 5.41) is 0. The fourth-order valence-electron chi connectivity index (χ4n) is 5.34. The van der Waals surface area contributed by atoms with E-state index < -0.39 is 17.3 Å². The van der Waals surface area contributed by atoms with E-state index >= 15 is 0 Å². The van der Waals surface area contributed by atoms with Crippen LogP contribution in [0, 0.1) is 16.7 Å². The van der Waals surface area contributed by atoms with E-state index in [9.17, 15) is 9.59 Å². The third-order valence-corrected chi connectivity index (χ3v) is 7.67. The second kappa shape index (κ2) is 12.1. The summed E-state index contributed by atoms with van der Waals surface area (Å²) < 4.78 is 11.5. The van der Waals surface area contributed by atoms with E-state index in [0.29, 0.717) is 30.2 Å². The molecule has 0 saturated heterocycles. The summed E-state index contributed by atoms with van der Waals surface area (Å²) in [5.41, 5.74) is 2.68. The molecule has 2 aliphatic carbocycles. The molecular weight excluding hydrogens is 522 g/mol. The summed E-state index contributed by atoms with van der Waals surface area (Å²) in [6.07, 6.45) is 12.6. The summed E-state index contributed by atoms with van der Waals surface area (Å²) in [6.45, 7) is 6.51. The summed E-state index contributed by atoms with van der Waals surface area (Å²) in [4.78, 5) is 29.8. The van der Waals surface area contributed by atoms with Gasteiger partial charge in [-0.3, -0.25) is 9.59 Å². The maximum Gasteiger partial charge on any atom is 0.313 e. The highest BCUT2D eigenvalue weighted by atomic mass is 16.5. The van der Waals surface area contributed by atoms with Gasteiger partial charge in [0.2, 0.25) is 11.8 Å². The van der Waals surface area contributed by atoms with Crippen LogP contribution in [0.1, 0.15) is 38.3 Å². The third-order valence-electron chi connectivity index (χ3n) is 7.67. The summed E-state index contributed by atoms with van der Waals surface area (Å²) >= 11 is 0. The number of methoxy groups -OCH3 is 1. The third kappa shape index (κ3) is 6.15. The topological polar surface area (TPSA) is 59.8 Å². The number of hydrogen-bond donors (Lipinski definition) is 0. The predicted molar refractivity (Wildman–Crippen MR) is 168 cm³/mol. The Hall–Kier alpha value is -4.64. The van der Waals surface area contributed by atoms with Crippen molar-refractivity contribution in [1.29, 1.82) is 0 Å². The van der Waals surface area contributed by atoms with E-state index in [4.69, 9.17) is 9.15 Å². The van der Waals surface area contributed by atoms with Crippen molar-refractivity contribution in [1.82, 2.24) is 0 Å². The minimum absolute atomic E-state index is 0.0967. The molecule has 1 amide bonds. The maximum atomic E-state index is 14.9. The van der Waals surface area contributed by atoms with E-state index in [2.05, 4.69) is 57.2 Å². The van der Waals surface area contributed by atoms with E-state index in [-0.39, 0.29) is 11.3 Å². The van der Waals surface area contributed by atoms with E-state index in [1.807, 2.05) is 66.7 Å². The van der Waals surface area contributed by atoms with Crippen molar-refractivity contribution < 1.29 is 18.7 Å². The van der Waals surface area contributed by atoms with Crippen LogP contribution in [0.25, 0.3) is 17.4 Å². The number of hydrogen-bond acceptors (Lipinski definition) is 4. The molecule has 2 aromatic carbocycles. The van der Waals surface area contributed by atoms with Gasteiger partial charge in [0.05, 0.1) is 24.1 Å². The average molecular weight is 560 g/mol. The molecule has 5 rings (SSSR count). The lowest BCUT2D eigenvalue weighted by Crippen LogP contribution is -2.48. The zero-order valence-corrected chi connectivity index (χ0v) is 24.6. The first-order chi connectivity index (χ1) is 20.2. The number of aryl methyl sites for hydroxylation is 1. The summed E-state index contributed by atoms with van der Waals surface area (Å²) in [5.74, 6) is -0.458. The van der Waals surface area contributed by atoms with Crippen LogP contribution in [0.2, 0.25) is 0 Å². The number of fused-ring (bicyclic) bond motifs is 1. The second-order valence-corrected chi connectivity index (χ2v) is 11.8. The lowest BCUT2D eigenvalue weighted by Gasteiger charge is -2.39. The molecule has 0 spiro atoms. The molecule has 2 atom stereocenters. The largest absolute Gasteiger partial charge is 0.469 e. The number of para-hydroxylation sites is 1. The SMILES string of the molecule is COC(=O)C1C=CC=CC1(CCc1ccc(C=CC(C)(C)C)cc1)C(=O)N(c1ccccc1)c1ccc2cccc-2o1. The molecule has 0 radical (unpaired) electrons. The Labute approximate surface area is 248 Å². The number of esters is 1. The monoisotopic (exact) mass is 559 g/mol. The molecule has 0 saturated carbocycles. The van der Waals surface area contributed by atoms with Crippen LogP contribution in [0.3, 0.4) is 0 Å². The van der Waals surface area contributed by atoms with Gasteiger partial charge in [0.1, 0.15) is 5.76 Å². The number of anilines is 2. The Balaban J connectivity index is 1.54. The van der Waals surface area contributed by atoms with Crippen LogP contribution in [-0.2, 0) is 20.7 Å². The predicted octanol–water partition coefficient (Wildman–Crippen LogP) is 8.64. The van der Waals surface area contributed by atoms with Crippen LogP contribution in [0.4, 0.5) is 11.6 Å². The fraction of sp³-hybridized carbons (Fsp3) is 0.243. The van der Waals surface area contributed by atoms with Crippen LogP contribution in [0.15, 0.2) is 120 Å². The Morgan fingerprint density at radius 2 is 1.69 bits per heavy atom. The second-order valence-electron chi connectivity index (χ2n) is 11.8. The highest BCUT2D eigenvalue weighted by Crippen LogP contribution is 2.44. The Kier molecular flexibility index (Phi) is 8.30. The molecule has 0 fully saturated rings. The quantitative estimate of drug-likeness (QED) is 0.203. The lowest BCUT2D eigenvalue weighted by molar-refractivity contribution is -0.150. The molecule has 2 aromatic rings. The van der Waals surface area contributed by atoms with Crippen molar-refractivity contribution in [2.45, 2.75) is 33.6 Å².